The van der Waals surface area contributed by atoms with Crippen molar-refractivity contribution in [2.75, 3.05) is 25.2 Å². The molecule has 15 heteroatoms. The van der Waals surface area contributed by atoms with Gasteiger partial charge in [0, 0.05) is 35.3 Å². The number of carboxylic acids is 1. The van der Waals surface area contributed by atoms with E-state index in [0.717, 1.165) is 22.0 Å². The number of thiophene rings is 1. The quantitative estimate of drug-likeness (QED) is 0.317. The zero-order valence-corrected chi connectivity index (χ0v) is 22.0. The summed E-state index contributed by atoms with van der Waals surface area (Å²) >= 11 is 4.44. The molecule has 37 heavy (non-hydrogen) atoms. The number of thioether (sulfide) groups is 2. The number of hydrogen-bond acceptors (Lipinski definition) is 10. The summed E-state index contributed by atoms with van der Waals surface area (Å²) in [6.45, 7) is -0.342. The lowest BCUT2D eigenvalue weighted by molar-refractivity contribution is -0.192. The molecule has 0 unspecified atom stereocenters. The predicted octanol–water partition coefficient (Wildman–Crippen LogP) is 0.904. The molecule has 5 rings (SSSR count). The third-order valence-electron chi connectivity index (χ3n) is 5.86. The van der Waals surface area contributed by atoms with E-state index in [2.05, 4.69) is 10.1 Å². The number of β-lactam (4-membered cyclic amide) rings is 2. The highest BCUT2D eigenvalue weighted by Crippen LogP contribution is 2.46. The van der Waals surface area contributed by atoms with E-state index in [-0.39, 0.29) is 36.0 Å². The first-order valence-electron chi connectivity index (χ1n) is 11.0. The molecule has 0 radical (unpaired) electrons. The molecule has 0 bridgehead atoms. The Bertz CT molecular complexity index is 1170. The van der Waals surface area contributed by atoms with Crippen LogP contribution in [-0.2, 0) is 35.1 Å². The van der Waals surface area contributed by atoms with Crippen molar-refractivity contribution in [3.8, 4) is 0 Å². The van der Waals surface area contributed by atoms with E-state index in [1.807, 2.05) is 35.5 Å². The number of hydrogen-bond donors (Lipinski definition) is 3. The molecule has 2 fully saturated rings. The second-order valence-electron chi connectivity index (χ2n) is 8.13. The highest BCUT2D eigenvalue weighted by molar-refractivity contribution is 8.00. The molecule has 3 atom stereocenters. The Morgan fingerprint density at radius 1 is 1.30 bits per heavy atom. The average Bonchev–Trinajstić information content (AvgIpc) is 3.37. The van der Waals surface area contributed by atoms with Crippen molar-refractivity contribution in [1.29, 1.82) is 0 Å². The van der Waals surface area contributed by atoms with E-state index >= 15 is 0 Å². The number of primary amides is 1. The molecule has 0 spiro atoms. The lowest BCUT2D eigenvalue weighted by Crippen LogP contribution is -2.80. The van der Waals surface area contributed by atoms with Gasteiger partial charge in [-0.05, 0) is 11.4 Å². The van der Waals surface area contributed by atoms with Gasteiger partial charge in [0.1, 0.15) is 17.7 Å². The zero-order chi connectivity index (χ0) is 26.7. The van der Waals surface area contributed by atoms with E-state index < -0.39 is 35.0 Å². The molecule has 5 heterocycles. The maximum Gasteiger partial charge on any atom is 0.404 e. The number of fused-ring (bicyclic) bond motifs is 2. The number of rotatable bonds is 7. The molecule has 0 aromatic carbocycles. The molecule has 4 N–H and O–H groups in total. The fourth-order valence-electron chi connectivity index (χ4n) is 4.08. The molecule has 198 valence electrons. The van der Waals surface area contributed by atoms with Crippen LogP contribution in [0, 0.1) is 0 Å². The summed E-state index contributed by atoms with van der Waals surface area (Å²) in [5.41, 5.74) is 3.20. The van der Waals surface area contributed by atoms with Gasteiger partial charge in [-0.3, -0.25) is 19.3 Å². The van der Waals surface area contributed by atoms with Gasteiger partial charge in [-0.25, -0.2) is 9.59 Å². The van der Waals surface area contributed by atoms with Crippen molar-refractivity contribution in [1.82, 2.24) is 15.1 Å². The Labute approximate surface area is 224 Å². The maximum absolute atomic E-state index is 12.8. The molecule has 4 aliphatic heterocycles. The van der Waals surface area contributed by atoms with Crippen LogP contribution in [0.5, 0.6) is 0 Å². The smallest absolute Gasteiger partial charge is 0.404 e. The van der Waals surface area contributed by atoms with Crippen molar-refractivity contribution >= 4 is 64.6 Å². The Hall–Kier alpha value is -3.01. The van der Waals surface area contributed by atoms with Crippen LogP contribution in [0.1, 0.15) is 11.3 Å². The van der Waals surface area contributed by atoms with Crippen molar-refractivity contribution in [2.45, 2.75) is 29.3 Å². The molecule has 1 aromatic rings. The van der Waals surface area contributed by atoms with E-state index in [1.54, 1.807) is 11.0 Å². The molecule has 12 nitrogen and oxygen atoms in total. The Morgan fingerprint density at radius 2 is 2.08 bits per heavy atom. The van der Waals surface area contributed by atoms with Crippen LogP contribution < -0.4 is 11.1 Å². The number of carboxylic acid groups (broad SMARTS) is 1. The topological polar surface area (TPSA) is 169 Å². The molecular formula is C22H24N4O8S3. The Morgan fingerprint density at radius 3 is 2.65 bits per heavy atom. The van der Waals surface area contributed by atoms with Crippen molar-refractivity contribution in [3.05, 3.63) is 45.9 Å². The van der Waals surface area contributed by atoms with Crippen molar-refractivity contribution in [3.63, 3.8) is 0 Å². The van der Waals surface area contributed by atoms with Crippen LogP contribution in [0.25, 0.3) is 0 Å². The van der Waals surface area contributed by atoms with Gasteiger partial charge in [-0.15, -0.1) is 34.9 Å². The molecule has 1 aromatic heterocycles. The van der Waals surface area contributed by atoms with Gasteiger partial charge in [0.25, 0.3) is 11.6 Å². The highest BCUT2D eigenvalue weighted by Gasteiger charge is 2.66. The number of ether oxygens (including phenoxy) is 2. The summed E-state index contributed by atoms with van der Waals surface area (Å²) in [4.78, 5) is 62.1. The monoisotopic (exact) mass is 568 g/mol. The standard InChI is InChI=1S/C16H17N3O7S2.C6H7NOS/c1-25-16(18-10(20)5-9-3-2-4-27-9)13(23)19-11(12(21)22)8(6-26-15(17)24)7-28-14(16)19;8-5-4-6-7(5)2-1-3-9-6/h2-4,14H,5-7H2,1H3,(H2,17,24)(H,18,20)(H,21,22);1-2,6H,3-4H2/t14-,16+;6-/m11/s1. The molecule has 0 aliphatic carbocycles. The molecule has 0 saturated carbocycles. The second kappa shape index (κ2) is 11.2. The number of amides is 4. The normalized spacial score (nSPS) is 25.6. The van der Waals surface area contributed by atoms with Crippen LogP contribution in [0.15, 0.2) is 41.1 Å². The van der Waals surface area contributed by atoms with E-state index in [1.165, 1.54) is 30.2 Å². The number of carbonyl (C=O) groups excluding carboxylic acids is 4. The fraction of sp³-hybridized carbons (Fsp3) is 0.409. The third-order valence-corrected chi connectivity index (χ3v) is 9.28. The van der Waals surface area contributed by atoms with Crippen LogP contribution in [0.2, 0.25) is 0 Å². The van der Waals surface area contributed by atoms with E-state index in [0.29, 0.717) is 5.37 Å². The van der Waals surface area contributed by atoms with E-state index in [9.17, 15) is 29.1 Å². The summed E-state index contributed by atoms with van der Waals surface area (Å²) in [6.07, 6.45) is 3.69. The molecule has 4 aliphatic rings. The molecule has 4 amide bonds. The Kier molecular flexibility index (Phi) is 8.16. The average molecular weight is 569 g/mol. The van der Waals surface area contributed by atoms with Crippen LogP contribution >= 0.6 is 34.9 Å². The van der Waals surface area contributed by atoms with Gasteiger partial charge in [0.05, 0.1) is 18.2 Å². The minimum absolute atomic E-state index is 0.0762. The SMILES string of the molecule is CO[C@@]1(NC(=O)Cc2cccs2)C(=O)N2C(C(=O)O)=C(COC(N)=O)CS[C@@H]21.O=C1C[C@H]2SCC=CN12. The largest absolute Gasteiger partial charge is 0.477 e. The number of methoxy groups -OCH3 is 1. The summed E-state index contributed by atoms with van der Waals surface area (Å²) in [5, 5.41) is 13.7. The van der Waals surface area contributed by atoms with Crippen LogP contribution in [0.4, 0.5) is 4.79 Å². The second-order valence-corrected chi connectivity index (χ2v) is 11.4. The van der Waals surface area contributed by atoms with Gasteiger partial charge in [-0.2, -0.15) is 0 Å². The lowest BCUT2D eigenvalue weighted by atomic mass is 9.98. The number of carbonyl (C=O) groups is 5. The number of nitrogens with zero attached hydrogens (tertiary/aromatic N) is 2. The van der Waals surface area contributed by atoms with E-state index in [4.69, 9.17) is 10.5 Å². The first-order chi connectivity index (χ1) is 17.7. The molecular weight excluding hydrogens is 544 g/mol. The summed E-state index contributed by atoms with van der Waals surface area (Å²) in [5.74, 6) is -0.980. The predicted molar refractivity (Wildman–Crippen MR) is 136 cm³/mol. The van der Waals surface area contributed by atoms with Crippen LogP contribution in [0.3, 0.4) is 0 Å². The number of nitrogens with two attached hydrogens (primary N) is 1. The highest BCUT2D eigenvalue weighted by atomic mass is 32.2. The lowest BCUT2D eigenvalue weighted by Gasteiger charge is -2.55. The number of nitrogens with one attached hydrogen (secondary N) is 1. The minimum Gasteiger partial charge on any atom is -0.477 e. The number of aliphatic carboxylic acids is 1. The maximum atomic E-state index is 12.8. The van der Waals surface area contributed by atoms with Gasteiger partial charge in [-0.1, -0.05) is 12.1 Å². The van der Waals surface area contributed by atoms with Gasteiger partial charge in [0.2, 0.25) is 11.8 Å². The summed E-state index contributed by atoms with van der Waals surface area (Å²) < 4.78 is 10.0. The fourth-order valence-corrected chi connectivity index (χ4v) is 7.23. The first kappa shape index (κ1) is 27.0. The van der Waals surface area contributed by atoms with Crippen molar-refractivity contribution < 1.29 is 38.6 Å². The minimum atomic E-state index is -1.66. The van der Waals surface area contributed by atoms with Crippen LogP contribution in [-0.4, -0.2) is 86.4 Å². The van der Waals surface area contributed by atoms with Gasteiger partial charge < -0.3 is 30.5 Å². The van der Waals surface area contributed by atoms with Gasteiger partial charge >= 0.3 is 12.1 Å². The summed E-state index contributed by atoms with van der Waals surface area (Å²) in [6, 6.07) is 3.61. The zero-order valence-electron chi connectivity index (χ0n) is 19.6. The Balaban J connectivity index is 0.000000295. The first-order valence-corrected chi connectivity index (χ1v) is 14.0. The van der Waals surface area contributed by atoms with Crippen molar-refractivity contribution in [2.24, 2.45) is 5.73 Å². The van der Waals surface area contributed by atoms with Gasteiger partial charge in [0.15, 0.2) is 0 Å². The third kappa shape index (κ3) is 5.35. The summed E-state index contributed by atoms with van der Waals surface area (Å²) in [7, 11) is 1.27. The molecule has 2 saturated heterocycles.